The summed E-state index contributed by atoms with van der Waals surface area (Å²) < 4.78 is 0. The van der Waals surface area contributed by atoms with Gasteiger partial charge in [0.2, 0.25) is 0 Å². The van der Waals surface area contributed by atoms with Crippen LogP contribution in [0.25, 0.3) is 11.3 Å². The molecule has 2 rings (SSSR count). The number of carbonyl (C=O) groups is 1. The summed E-state index contributed by atoms with van der Waals surface area (Å²) in [5, 5.41) is 0.898. The lowest BCUT2D eigenvalue weighted by Gasteiger charge is -2.22. The summed E-state index contributed by atoms with van der Waals surface area (Å²) in [6.07, 6.45) is 1.95. The number of aromatic nitrogens is 1. The van der Waals surface area contributed by atoms with Gasteiger partial charge in [-0.2, -0.15) is 0 Å². The topological polar surface area (TPSA) is 33.2 Å². The minimum absolute atomic E-state index is 0.411. The largest absolute Gasteiger partial charge is 0.348 e. The SMILES string of the molecule is CCC(C)N(C)c1nc(-c2ccccc2)c(C=O)s1. The minimum Gasteiger partial charge on any atom is -0.348 e. The fraction of sp³-hybridized carbons (Fsp3) is 0.333. The lowest BCUT2D eigenvalue weighted by atomic mass is 10.1. The Morgan fingerprint density at radius 2 is 2.05 bits per heavy atom. The van der Waals surface area contributed by atoms with Gasteiger partial charge in [-0.05, 0) is 13.3 Å². The van der Waals surface area contributed by atoms with Gasteiger partial charge in [-0.15, -0.1) is 0 Å². The highest BCUT2D eigenvalue weighted by Crippen LogP contribution is 2.32. The molecule has 0 spiro atoms. The maximum absolute atomic E-state index is 11.2. The van der Waals surface area contributed by atoms with Crippen molar-refractivity contribution < 1.29 is 4.79 Å². The molecule has 0 aliphatic carbocycles. The van der Waals surface area contributed by atoms with Crippen LogP contribution in [0.5, 0.6) is 0 Å². The second-order valence-corrected chi connectivity index (χ2v) is 5.57. The second-order valence-electron chi connectivity index (χ2n) is 4.56. The number of thiazole rings is 1. The summed E-state index contributed by atoms with van der Waals surface area (Å²) >= 11 is 1.45. The van der Waals surface area contributed by atoms with E-state index in [9.17, 15) is 4.79 Å². The lowest BCUT2D eigenvalue weighted by Crippen LogP contribution is -2.27. The van der Waals surface area contributed by atoms with Crippen LogP contribution in [0.4, 0.5) is 5.13 Å². The third-order valence-corrected chi connectivity index (χ3v) is 4.42. The van der Waals surface area contributed by atoms with Crippen LogP contribution in [0.2, 0.25) is 0 Å². The van der Waals surface area contributed by atoms with Gasteiger partial charge in [0.05, 0.1) is 10.6 Å². The lowest BCUT2D eigenvalue weighted by molar-refractivity contribution is 0.112. The molecule has 0 amide bonds. The van der Waals surface area contributed by atoms with Gasteiger partial charge in [0.25, 0.3) is 0 Å². The van der Waals surface area contributed by atoms with Crippen LogP contribution in [-0.2, 0) is 0 Å². The van der Waals surface area contributed by atoms with Gasteiger partial charge in [-0.1, -0.05) is 48.6 Å². The fourth-order valence-electron chi connectivity index (χ4n) is 1.82. The molecule has 0 radical (unpaired) electrons. The Labute approximate surface area is 117 Å². The maximum Gasteiger partial charge on any atom is 0.186 e. The molecule has 1 aromatic carbocycles. The predicted molar refractivity (Wildman–Crippen MR) is 81.1 cm³/mol. The van der Waals surface area contributed by atoms with Gasteiger partial charge < -0.3 is 4.90 Å². The summed E-state index contributed by atoms with van der Waals surface area (Å²) in [4.78, 5) is 18.7. The quantitative estimate of drug-likeness (QED) is 0.776. The Hall–Kier alpha value is -1.68. The van der Waals surface area contributed by atoms with Gasteiger partial charge in [0.15, 0.2) is 11.4 Å². The van der Waals surface area contributed by atoms with E-state index < -0.39 is 0 Å². The average molecular weight is 274 g/mol. The van der Waals surface area contributed by atoms with E-state index in [1.54, 1.807) is 0 Å². The number of carbonyl (C=O) groups excluding carboxylic acids is 1. The number of nitrogens with zero attached hydrogens (tertiary/aromatic N) is 2. The summed E-state index contributed by atoms with van der Waals surface area (Å²) in [5.74, 6) is 0. The van der Waals surface area contributed by atoms with Crippen LogP contribution >= 0.6 is 11.3 Å². The third-order valence-electron chi connectivity index (χ3n) is 3.35. The first-order valence-corrected chi connectivity index (χ1v) is 7.23. The number of hydrogen-bond acceptors (Lipinski definition) is 4. The van der Waals surface area contributed by atoms with Crippen molar-refractivity contribution in [3.05, 3.63) is 35.2 Å². The summed E-state index contributed by atoms with van der Waals surface area (Å²) in [6, 6.07) is 10.3. The molecule has 0 saturated heterocycles. The van der Waals surface area contributed by atoms with E-state index in [0.29, 0.717) is 10.9 Å². The molecule has 3 nitrogen and oxygen atoms in total. The Balaban J connectivity index is 2.41. The third kappa shape index (κ3) is 2.84. The van der Waals surface area contributed by atoms with Crippen molar-refractivity contribution in [3.63, 3.8) is 0 Å². The molecular weight excluding hydrogens is 256 g/mol. The van der Waals surface area contributed by atoms with Crippen molar-refractivity contribution in [3.8, 4) is 11.3 Å². The molecule has 1 unspecified atom stereocenters. The molecular formula is C15H18N2OS. The molecule has 1 aromatic heterocycles. The smallest absolute Gasteiger partial charge is 0.186 e. The van der Waals surface area contributed by atoms with E-state index in [1.165, 1.54) is 11.3 Å². The first-order valence-electron chi connectivity index (χ1n) is 6.41. The van der Waals surface area contributed by atoms with Gasteiger partial charge >= 0.3 is 0 Å². The van der Waals surface area contributed by atoms with Crippen molar-refractivity contribution in [2.45, 2.75) is 26.3 Å². The monoisotopic (exact) mass is 274 g/mol. The molecule has 1 atom stereocenters. The molecule has 100 valence electrons. The minimum atomic E-state index is 0.411. The first-order chi connectivity index (χ1) is 9.17. The number of aldehydes is 1. The van der Waals surface area contributed by atoms with E-state index >= 15 is 0 Å². The van der Waals surface area contributed by atoms with Crippen molar-refractivity contribution in [2.75, 3.05) is 11.9 Å². The Morgan fingerprint density at radius 3 is 2.63 bits per heavy atom. The molecule has 0 saturated carbocycles. The molecule has 0 fully saturated rings. The molecule has 2 aromatic rings. The van der Waals surface area contributed by atoms with Gasteiger partial charge in [0.1, 0.15) is 0 Å². The van der Waals surface area contributed by atoms with Crippen molar-refractivity contribution in [2.24, 2.45) is 0 Å². The van der Waals surface area contributed by atoms with Crippen molar-refractivity contribution in [1.29, 1.82) is 0 Å². The van der Waals surface area contributed by atoms with E-state index in [-0.39, 0.29) is 0 Å². The molecule has 0 bridgehead atoms. The molecule has 4 heteroatoms. The first kappa shape index (κ1) is 13.7. The number of hydrogen-bond donors (Lipinski definition) is 0. The molecule has 0 N–H and O–H groups in total. The average Bonchev–Trinajstić information content (AvgIpc) is 2.90. The summed E-state index contributed by atoms with van der Waals surface area (Å²) in [5.41, 5.74) is 1.77. The molecule has 0 aliphatic rings. The van der Waals surface area contributed by atoms with Crippen LogP contribution in [0.15, 0.2) is 30.3 Å². The van der Waals surface area contributed by atoms with Crippen LogP contribution in [0.1, 0.15) is 29.9 Å². The van der Waals surface area contributed by atoms with Gasteiger partial charge in [-0.25, -0.2) is 4.98 Å². The molecule has 19 heavy (non-hydrogen) atoms. The van der Waals surface area contributed by atoms with Crippen LogP contribution < -0.4 is 4.90 Å². The highest BCUT2D eigenvalue weighted by Gasteiger charge is 2.17. The highest BCUT2D eigenvalue weighted by molar-refractivity contribution is 7.17. The summed E-state index contributed by atoms with van der Waals surface area (Å²) in [6.45, 7) is 4.30. The van der Waals surface area contributed by atoms with E-state index in [1.807, 2.05) is 37.4 Å². The van der Waals surface area contributed by atoms with Crippen LogP contribution in [0, 0.1) is 0 Å². The number of rotatable bonds is 5. The summed E-state index contributed by atoms with van der Waals surface area (Å²) in [7, 11) is 2.02. The van der Waals surface area contributed by atoms with E-state index in [4.69, 9.17) is 0 Å². The van der Waals surface area contributed by atoms with E-state index in [2.05, 4.69) is 23.7 Å². The Morgan fingerprint density at radius 1 is 1.37 bits per heavy atom. The normalized spacial score (nSPS) is 12.2. The van der Waals surface area contributed by atoms with Gasteiger partial charge in [-0.3, -0.25) is 4.79 Å². The maximum atomic E-state index is 11.2. The second kappa shape index (κ2) is 5.97. The fourth-order valence-corrected chi connectivity index (χ4v) is 2.78. The van der Waals surface area contributed by atoms with E-state index in [0.717, 1.165) is 29.1 Å². The van der Waals surface area contributed by atoms with Gasteiger partial charge in [0, 0.05) is 18.7 Å². The molecule has 1 heterocycles. The zero-order valence-electron chi connectivity index (χ0n) is 11.5. The molecule has 0 aliphatic heterocycles. The van der Waals surface area contributed by atoms with Crippen LogP contribution in [0.3, 0.4) is 0 Å². The predicted octanol–water partition coefficient (Wildman–Crippen LogP) is 3.86. The highest BCUT2D eigenvalue weighted by atomic mass is 32.1. The standard InChI is InChI=1S/C15H18N2OS/c1-4-11(2)17(3)15-16-14(13(10-18)19-15)12-8-6-5-7-9-12/h5-11H,4H2,1-3H3. The van der Waals surface area contributed by atoms with Crippen molar-refractivity contribution >= 4 is 22.8 Å². The zero-order valence-corrected chi connectivity index (χ0v) is 12.3. The Kier molecular flexibility index (Phi) is 4.32. The number of benzene rings is 1. The number of anilines is 1. The Bertz CT molecular complexity index is 551. The van der Waals surface area contributed by atoms with Crippen molar-refractivity contribution in [1.82, 2.24) is 4.98 Å². The zero-order chi connectivity index (χ0) is 13.8. The van der Waals surface area contributed by atoms with Crippen LogP contribution in [-0.4, -0.2) is 24.4 Å².